The van der Waals surface area contributed by atoms with E-state index in [1.165, 1.54) is 52.1 Å². The van der Waals surface area contributed by atoms with Crippen LogP contribution in [0.5, 0.6) is 0 Å². The van der Waals surface area contributed by atoms with Crippen molar-refractivity contribution in [2.45, 2.75) is 34.1 Å². The molecular weight excluding hydrogens is 474 g/mol. The number of benzene rings is 2. The summed E-state index contributed by atoms with van der Waals surface area (Å²) in [5.41, 5.74) is 7.23. The molecule has 0 aliphatic heterocycles. The van der Waals surface area contributed by atoms with Gasteiger partial charge in [-0.25, -0.2) is 6.08 Å². The van der Waals surface area contributed by atoms with Crippen LogP contribution in [0.15, 0.2) is 60.2 Å². The molecule has 0 fully saturated rings. The van der Waals surface area contributed by atoms with Gasteiger partial charge in [-0.15, -0.1) is 30.4 Å². The molecule has 4 rings (SSSR count). The van der Waals surface area contributed by atoms with Crippen LogP contribution in [-0.2, 0) is 30.7 Å². The summed E-state index contributed by atoms with van der Waals surface area (Å²) in [5, 5.41) is 0. The first-order valence-corrected chi connectivity index (χ1v) is 10.4. The van der Waals surface area contributed by atoms with Crippen molar-refractivity contribution in [1.29, 1.82) is 0 Å². The second-order valence-corrected chi connectivity index (χ2v) is 7.37. The van der Waals surface area contributed by atoms with Crippen LogP contribution < -0.4 is 0 Å². The number of fused-ring (bicyclic) bond motifs is 3. The molecule has 0 radical (unpaired) electrons. The molecule has 0 spiro atoms. The Bertz CT molecular complexity index is 742. The van der Waals surface area contributed by atoms with Crippen LogP contribution >= 0.6 is 24.8 Å². The Morgan fingerprint density at radius 2 is 1.55 bits per heavy atom. The second-order valence-electron chi connectivity index (χ2n) is 7.37. The number of rotatable bonds is 0. The first-order valence-electron chi connectivity index (χ1n) is 8.70. The molecule has 0 N–H and O–H groups in total. The van der Waals surface area contributed by atoms with Gasteiger partial charge in [-0.1, -0.05) is 74.4 Å². The molecular formula is C26H34Cl2Zr-4. The van der Waals surface area contributed by atoms with E-state index in [4.69, 9.17) is 0 Å². The molecule has 2 aliphatic rings. The Morgan fingerprint density at radius 1 is 0.966 bits per heavy atom. The van der Waals surface area contributed by atoms with Crippen LogP contribution in [0.1, 0.15) is 38.8 Å². The van der Waals surface area contributed by atoms with Crippen LogP contribution in [-0.4, -0.2) is 4.21 Å². The van der Waals surface area contributed by atoms with Gasteiger partial charge in [-0.3, -0.25) is 6.08 Å². The molecule has 0 saturated carbocycles. The van der Waals surface area contributed by atoms with E-state index >= 15 is 0 Å². The number of hydrogen-bond donors (Lipinski definition) is 0. The summed E-state index contributed by atoms with van der Waals surface area (Å²) in [6.07, 6.45) is 8.70. The zero-order chi connectivity index (χ0) is 18.4. The summed E-state index contributed by atoms with van der Waals surface area (Å²) in [6, 6.07) is 18.1. The minimum atomic E-state index is 0. The maximum Gasteiger partial charge on any atom is -0.0253 e. The Kier molecular flexibility index (Phi) is 17.1. The summed E-state index contributed by atoms with van der Waals surface area (Å²) >= 11 is 1.30. The van der Waals surface area contributed by atoms with Crippen molar-refractivity contribution >= 4 is 29.0 Å². The van der Waals surface area contributed by atoms with Crippen LogP contribution in [0.2, 0.25) is 0 Å². The van der Waals surface area contributed by atoms with Crippen LogP contribution in [0, 0.1) is 38.3 Å². The smallest absolute Gasteiger partial charge is 0.0253 e. The molecule has 0 nitrogen and oxygen atoms in total. The van der Waals surface area contributed by atoms with E-state index in [0.717, 1.165) is 6.42 Å². The SMILES string of the molecule is CC1[C-]=CC(C(C)(C)C)=C1.Cl.Cl.[CH2]=[Zr].[CH3-].[CH3-].[c-]1cccc2c1Cc1ccccc1-2. The average Bonchev–Trinajstić information content (AvgIpc) is 3.20. The predicted molar refractivity (Wildman–Crippen MR) is 132 cm³/mol. The molecule has 2 aromatic carbocycles. The van der Waals surface area contributed by atoms with E-state index in [0.29, 0.717) is 11.3 Å². The summed E-state index contributed by atoms with van der Waals surface area (Å²) in [7, 11) is 0. The fourth-order valence-corrected chi connectivity index (χ4v) is 3.05. The van der Waals surface area contributed by atoms with E-state index in [2.05, 4.69) is 92.6 Å². The minimum absolute atomic E-state index is 0. The van der Waals surface area contributed by atoms with Crippen molar-refractivity contribution in [2.75, 3.05) is 0 Å². The van der Waals surface area contributed by atoms with Crippen LogP contribution in [0.3, 0.4) is 0 Å². The molecule has 2 aromatic rings. The third kappa shape index (κ3) is 8.87. The van der Waals surface area contributed by atoms with E-state index in [-0.39, 0.29) is 39.7 Å². The van der Waals surface area contributed by atoms with Gasteiger partial charge in [0.05, 0.1) is 0 Å². The average molecular weight is 509 g/mol. The van der Waals surface area contributed by atoms with Crippen molar-refractivity contribution in [2.24, 2.45) is 11.3 Å². The Morgan fingerprint density at radius 3 is 2.07 bits per heavy atom. The van der Waals surface area contributed by atoms with Crippen molar-refractivity contribution in [1.82, 2.24) is 0 Å². The van der Waals surface area contributed by atoms with Crippen molar-refractivity contribution in [3.63, 3.8) is 0 Å². The second kappa shape index (κ2) is 15.1. The van der Waals surface area contributed by atoms with Gasteiger partial charge >= 0.3 is 28.4 Å². The monoisotopic (exact) mass is 506 g/mol. The molecule has 2 aliphatic carbocycles. The summed E-state index contributed by atoms with van der Waals surface area (Å²) < 4.78 is 3.34. The predicted octanol–water partition coefficient (Wildman–Crippen LogP) is 7.74. The maximum absolute atomic E-state index is 3.34. The van der Waals surface area contributed by atoms with Crippen molar-refractivity contribution in [3.05, 3.63) is 98.3 Å². The Hall–Kier alpha value is -0.747. The van der Waals surface area contributed by atoms with Gasteiger partial charge in [-0.2, -0.15) is 41.5 Å². The first-order chi connectivity index (χ1) is 11.9. The molecule has 0 aromatic heterocycles. The fraction of sp³-hybridized carbons (Fsp3) is 0.269. The van der Waals surface area contributed by atoms with E-state index in [9.17, 15) is 0 Å². The third-order valence-corrected chi connectivity index (χ3v) is 4.41. The minimum Gasteiger partial charge on any atom is -0.358 e. The molecule has 1 atom stereocenters. The topological polar surface area (TPSA) is 0 Å². The van der Waals surface area contributed by atoms with Gasteiger partial charge in [0.1, 0.15) is 0 Å². The molecule has 0 bridgehead atoms. The zero-order valence-electron chi connectivity index (χ0n) is 18.5. The maximum atomic E-state index is 3.34. The fourth-order valence-electron chi connectivity index (χ4n) is 3.05. The Balaban J connectivity index is -0.000000390. The molecule has 0 saturated heterocycles. The van der Waals surface area contributed by atoms with E-state index in [1.54, 1.807) is 0 Å². The summed E-state index contributed by atoms with van der Waals surface area (Å²) in [5.74, 6) is 0.522. The van der Waals surface area contributed by atoms with Gasteiger partial charge in [0.15, 0.2) is 0 Å². The molecule has 1 unspecified atom stereocenters. The molecule has 29 heavy (non-hydrogen) atoms. The number of halogens is 2. The van der Waals surface area contributed by atoms with Gasteiger partial charge in [0.25, 0.3) is 0 Å². The molecule has 0 amide bonds. The molecule has 0 heterocycles. The molecule has 3 heteroatoms. The summed E-state index contributed by atoms with van der Waals surface area (Å²) in [6.45, 7) is 8.86. The van der Waals surface area contributed by atoms with Crippen LogP contribution in [0.4, 0.5) is 0 Å². The van der Waals surface area contributed by atoms with E-state index < -0.39 is 0 Å². The van der Waals surface area contributed by atoms with Gasteiger partial charge < -0.3 is 14.9 Å². The van der Waals surface area contributed by atoms with Gasteiger partial charge in [0, 0.05) is 0 Å². The first kappa shape index (κ1) is 32.9. The van der Waals surface area contributed by atoms with E-state index in [1.807, 2.05) is 6.07 Å². The normalized spacial score (nSPS) is 14.3. The Labute approximate surface area is 207 Å². The largest absolute Gasteiger partial charge is 0.358 e. The number of allylic oxidation sites excluding steroid dienone is 4. The summed E-state index contributed by atoms with van der Waals surface area (Å²) in [4.78, 5) is 0. The van der Waals surface area contributed by atoms with Crippen molar-refractivity contribution < 1.29 is 24.2 Å². The van der Waals surface area contributed by atoms with Crippen molar-refractivity contribution in [3.8, 4) is 11.1 Å². The van der Waals surface area contributed by atoms with Crippen LogP contribution in [0.25, 0.3) is 11.1 Å². The third-order valence-electron chi connectivity index (χ3n) is 4.41. The number of hydrogen-bond acceptors (Lipinski definition) is 0. The van der Waals surface area contributed by atoms with Gasteiger partial charge in [0.2, 0.25) is 0 Å². The zero-order valence-corrected chi connectivity index (χ0v) is 22.6. The van der Waals surface area contributed by atoms with Gasteiger partial charge in [-0.05, 0) is 6.42 Å². The quantitative estimate of drug-likeness (QED) is 0.273. The standard InChI is InChI=1S/C13H9.C10H15.2CH3.CH2.2ClH.Zr/c1-3-7-12-10(5-1)9-11-6-2-4-8-13(11)12;1-8-5-6-9(7-8)10(2,3)4;;;;;;/h1-5,7-8H,9H2;6-8H,1-4H3;2*1H3;1H2;2*1H;/q4*-1;;;;. The molecule has 160 valence electrons.